The van der Waals surface area contributed by atoms with Crippen LogP contribution < -0.4 is 0 Å². The average Bonchev–Trinajstić information content (AvgIpc) is 2.83. The number of allylic oxidation sites excluding steroid dienone is 1. The number of benzene rings is 2. The zero-order valence-electron chi connectivity index (χ0n) is 11.0. The number of hydrogen-bond donors (Lipinski definition) is 0. The zero-order chi connectivity index (χ0) is 13.5. The molecule has 3 aromatic rings. The summed E-state index contributed by atoms with van der Waals surface area (Å²) in [6, 6.07) is 17.2. The maximum Gasteiger partial charge on any atom is 0.0537 e. The Morgan fingerprint density at radius 1 is 0.950 bits per heavy atom. The van der Waals surface area contributed by atoms with Crippen LogP contribution in [0.15, 0.2) is 59.1 Å². The quantitative estimate of drug-likeness (QED) is 0.568. The standard InChI is InChI=1S/C18H14BrN/c19-13-9-11-14(12-10-13)20-17-7-3-1-5-15(17)16-6-2-4-8-18(16)20/h1-3,5-7,9-12H,4,8H2. The van der Waals surface area contributed by atoms with E-state index in [2.05, 4.69) is 81.2 Å². The summed E-state index contributed by atoms with van der Waals surface area (Å²) in [5.74, 6) is 0. The van der Waals surface area contributed by atoms with Crippen LogP contribution in [0.4, 0.5) is 0 Å². The Hall–Kier alpha value is -1.80. The second-order valence-corrected chi connectivity index (χ2v) is 6.05. The molecule has 0 saturated heterocycles. The van der Waals surface area contributed by atoms with E-state index in [0.29, 0.717) is 0 Å². The normalized spacial score (nSPS) is 13.7. The predicted octanol–water partition coefficient (Wildman–Crippen LogP) is 5.35. The largest absolute Gasteiger partial charge is 0.313 e. The van der Waals surface area contributed by atoms with E-state index in [1.807, 2.05) is 0 Å². The molecule has 0 radical (unpaired) electrons. The number of aromatic nitrogens is 1. The summed E-state index contributed by atoms with van der Waals surface area (Å²) in [6.45, 7) is 0. The summed E-state index contributed by atoms with van der Waals surface area (Å²) < 4.78 is 3.52. The summed E-state index contributed by atoms with van der Waals surface area (Å²) in [6.07, 6.45) is 6.79. The maximum atomic E-state index is 3.51. The second kappa shape index (κ2) is 4.64. The lowest BCUT2D eigenvalue weighted by Crippen LogP contribution is -2.02. The van der Waals surface area contributed by atoms with Crippen molar-refractivity contribution in [3.05, 3.63) is 70.3 Å². The van der Waals surface area contributed by atoms with Crippen LogP contribution in [-0.4, -0.2) is 4.57 Å². The smallest absolute Gasteiger partial charge is 0.0537 e. The highest BCUT2D eigenvalue weighted by Gasteiger charge is 2.17. The molecule has 1 aliphatic rings. The van der Waals surface area contributed by atoms with Crippen LogP contribution in [0.3, 0.4) is 0 Å². The lowest BCUT2D eigenvalue weighted by Gasteiger charge is -2.13. The molecule has 1 aromatic heterocycles. The molecule has 0 unspecified atom stereocenters. The molecule has 0 saturated carbocycles. The van der Waals surface area contributed by atoms with E-state index < -0.39 is 0 Å². The van der Waals surface area contributed by atoms with Crippen molar-refractivity contribution in [1.82, 2.24) is 4.57 Å². The van der Waals surface area contributed by atoms with Crippen molar-refractivity contribution < 1.29 is 0 Å². The molecule has 0 spiro atoms. The first kappa shape index (κ1) is 12.0. The van der Waals surface area contributed by atoms with Crippen molar-refractivity contribution in [2.75, 3.05) is 0 Å². The monoisotopic (exact) mass is 323 g/mol. The lowest BCUT2D eigenvalue weighted by atomic mass is 10.0. The summed E-state index contributed by atoms with van der Waals surface area (Å²) in [7, 11) is 0. The minimum atomic E-state index is 1.11. The highest BCUT2D eigenvalue weighted by atomic mass is 79.9. The van der Waals surface area contributed by atoms with Crippen molar-refractivity contribution in [1.29, 1.82) is 0 Å². The molecule has 0 bridgehead atoms. The van der Waals surface area contributed by atoms with Gasteiger partial charge in [-0.2, -0.15) is 0 Å². The van der Waals surface area contributed by atoms with Crippen LogP contribution in [0.5, 0.6) is 0 Å². The molecule has 0 atom stereocenters. The molecule has 20 heavy (non-hydrogen) atoms. The van der Waals surface area contributed by atoms with Crippen LogP contribution in [0.25, 0.3) is 22.7 Å². The number of fused-ring (bicyclic) bond motifs is 3. The van der Waals surface area contributed by atoms with Gasteiger partial charge in [0.1, 0.15) is 0 Å². The van der Waals surface area contributed by atoms with Crippen LogP contribution in [0, 0.1) is 0 Å². The van der Waals surface area contributed by atoms with Gasteiger partial charge >= 0.3 is 0 Å². The maximum absolute atomic E-state index is 3.51. The van der Waals surface area contributed by atoms with E-state index in [1.165, 1.54) is 27.8 Å². The topological polar surface area (TPSA) is 4.93 Å². The first-order chi connectivity index (χ1) is 9.84. The molecule has 2 heteroatoms. The van der Waals surface area contributed by atoms with Crippen molar-refractivity contribution >= 4 is 32.9 Å². The van der Waals surface area contributed by atoms with Crippen molar-refractivity contribution in [2.24, 2.45) is 0 Å². The summed E-state index contributed by atoms with van der Waals surface area (Å²) in [4.78, 5) is 0. The first-order valence-electron chi connectivity index (χ1n) is 6.89. The summed E-state index contributed by atoms with van der Waals surface area (Å²) >= 11 is 3.51. The van der Waals surface area contributed by atoms with E-state index in [0.717, 1.165) is 17.3 Å². The second-order valence-electron chi connectivity index (χ2n) is 5.13. The third-order valence-electron chi connectivity index (χ3n) is 3.93. The number of halogens is 1. The van der Waals surface area contributed by atoms with Gasteiger partial charge in [0.25, 0.3) is 0 Å². The Bertz CT molecular complexity index is 809. The van der Waals surface area contributed by atoms with Crippen molar-refractivity contribution in [3.8, 4) is 5.69 Å². The number of para-hydroxylation sites is 1. The third kappa shape index (κ3) is 1.75. The van der Waals surface area contributed by atoms with E-state index >= 15 is 0 Å². The molecule has 4 rings (SSSR count). The van der Waals surface area contributed by atoms with Gasteiger partial charge in [-0.1, -0.05) is 46.3 Å². The highest BCUT2D eigenvalue weighted by Crippen LogP contribution is 2.33. The first-order valence-corrected chi connectivity index (χ1v) is 7.69. The van der Waals surface area contributed by atoms with Gasteiger partial charge < -0.3 is 4.57 Å². The molecule has 1 aliphatic carbocycles. The SMILES string of the molecule is Brc1ccc(-n2c3c(c4ccccc42)C=CCC3)cc1. The minimum Gasteiger partial charge on any atom is -0.313 e. The fourth-order valence-electron chi connectivity index (χ4n) is 3.06. The third-order valence-corrected chi connectivity index (χ3v) is 4.46. The van der Waals surface area contributed by atoms with Crippen molar-refractivity contribution in [2.45, 2.75) is 12.8 Å². The van der Waals surface area contributed by atoms with Gasteiger partial charge in [0.05, 0.1) is 5.52 Å². The fraction of sp³-hybridized carbons (Fsp3) is 0.111. The van der Waals surface area contributed by atoms with Gasteiger partial charge in [0.2, 0.25) is 0 Å². The van der Waals surface area contributed by atoms with E-state index in [1.54, 1.807) is 0 Å². The van der Waals surface area contributed by atoms with E-state index in [-0.39, 0.29) is 0 Å². The van der Waals surface area contributed by atoms with E-state index in [4.69, 9.17) is 0 Å². The Morgan fingerprint density at radius 2 is 1.75 bits per heavy atom. The lowest BCUT2D eigenvalue weighted by molar-refractivity contribution is 0.888. The van der Waals surface area contributed by atoms with Gasteiger partial charge in [-0.15, -0.1) is 0 Å². The van der Waals surface area contributed by atoms with Gasteiger partial charge in [0.15, 0.2) is 0 Å². The van der Waals surface area contributed by atoms with Gasteiger partial charge in [0, 0.05) is 26.8 Å². The van der Waals surface area contributed by atoms with Gasteiger partial charge in [-0.25, -0.2) is 0 Å². The average molecular weight is 324 g/mol. The molecule has 1 heterocycles. The molecule has 0 amide bonds. The molecule has 0 aliphatic heterocycles. The molecule has 98 valence electrons. The fourth-order valence-corrected chi connectivity index (χ4v) is 3.32. The number of hydrogen-bond acceptors (Lipinski definition) is 0. The molecule has 2 aromatic carbocycles. The number of rotatable bonds is 1. The Kier molecular flexibility index (Phi) is 2.78. The van der Waals surface area contributed by atoms with Crippen LogP contribution >= 0.6 is 15.9 Å². The Labute approximate surface area is 126 Å². The highest BCUT2D eigenvalue weighted by molar-refractivity contribution is 9.10. The summed E-state index contributed by atoms with van der Waals surface area (Å²) in [5.41, 5.74) is 5.35. The van der Waals surface area contributed by atoms with Gasteiger partial charge in [-0.05, 0) is 43.2 Å². The van der Waals surface area contributed by atoms with Crippen LogP contribution in [0.2, 0.25) is 0 Å². The minimum absolute atomic E-state index is 1.11. The number of nitrogens with zero attached hydrogens (tertiary/aromatic N) is 1. The molecular weight excluding hydrogens is 310 g/mol. The van der Waals surface area contributed by atoms with Crippen LogP contribution in [0.1, 0.15) is 17.7 Å². The molecule has 0 N–H and O–H groups in total. The van der Waals surface area contributed by atoms with Crippen LogP contribution in [-0.2, 0) is 6.42 Å². The zero-order valence-corrected chi connectivity index (χ0v) is 12.6. The molecular formula is C18H14BrN. The summed E-state index contributed by atoms with van der Waals surface area (Å²) in [5, 5.41) is 1.35. The van der Waals surface area contributed by atoms with E-state index in [9.17, 15) is 0 Å². The predicted molar refractivity (Wildman–Crippen MR) is 88.3 cm³/mol. The Balaban J connectivity index is 2.08. The molecule has 1 nitrogen and oxygen atoms in total. The van der Waals surface area contributed by atoms with Gasteiger partial charge in [-0.3, -0.25) is 0 Å². The Morgan fingerprint density at radius 3 is 2.60 bits per heavy atom. The molecule has 0 fully saturated rings. The van der Waals surface area contributed by atoms with Crippen molar-refractivity contribution in [3.63, 3.8) is 0 Å².